The number of hydrogen-bond donors (Lipinski definition) is 0. The SMILES string of the molecule is CC(=O)OC1=CCC2CC1CC=C2OC(C)=O. The molecule has 4 heteroatoms. The number of carbonyl (C=O) groups excluding carboxylic acids is 2. The molecule has 0 N–H and O–H groups in total. The molecule has 2 rings (SSSR count). The molecule has 0 spiro atoms. The third-order valence-electron chi connectivity index (χ3n) is 3.10. The Labute approximate surface area is 100 Å². The van der Waals surface area contributed by atoms with Gasteiger partial charge in [-0.1, -0.05) is 0 Å². The van der Waals surface area contributed by atoms with E-state index in [4.69, 9.17) is 9.47 Å². The lowest BCUT2D eigenvalue weighted by Gasteiger charge is -2.33. The Morgan fingerprint density at radius 3 is 1.76 bits per heavy atom. The van der Waals surface area contributed by atoms with Crippen LogP contribution in [0.1, 0.15) is 33.1 Å². The van der Waals surface area contributed by atoms with Crippen LogP contribution in [-0.4, -0.2) is 11.9 Å². The summed E-state index contributed by atoms with van der Waals surface area (Å²) in [5.74, 6) is 1.49. The number of ether oxygens (including phenoxy) is 2. The Balaban J connectivity index is 2.05. The predicted octanol–water partition coefficient (Wildman–Crippen LogP) is 2.31. The van der Waals surface area contributed by atoms with Gasteiger partial charge in [-0.2, -0.15) is 0 Å². The summed E-state index contributed by atoms with van der Waals surface area (Å²) in [7, 11) is 0. The highest BCUT2D eigenvalue weighted by Crippen LogP contribution is 2.40. The monoisotopic (exact) mass is 236 g/mol. The average molecular weight is 236 g/mol. The fourth-order valence-corrected chi connectivity index (χ4v) is 2.43. The van der Waals surface area contributed by atoms with Gasteiger partial charge < -0.3 is 9.47 Å². The molecule has 0 fully saturated rings. The van der Waals surface area contributed by atoms with Crippen LogP contribution in [0.3, 0.4) is 0 Å². The first-order valence-corrected chi connectivity index (χ1v) is 5.83. The van der Waals surface area contributed by atoms with Crippen LogP contribution in [0, 0.1) is 11.8 Å². The molecule has 2 bridgehead atoms. The van der Waals surface area contributed by atoms with Crippen LogP contribution >= 0.6 is 0 Å². The first-order valence-electron chi connectivity index (χ1n) is 5.83. The zero-order valence-corrected chi connectivity index (χ0v) is 10.1. The minimum Gasteiger partial charge on any atom is -0.431 e. The van der Waals surface area contributed by atoms with Crippen molar-refractivity contribution in [2.75, 3.05) is 0 Å². The zero-order chi connectivity index (χ0) is 12.4. The first kappa shape index (κ1) is 11.9. The van der Waals surface area contributed by atoms with Gasteiger partial charge in [0.2, 0.25) is 0 Å². The fourth-order valence-electron chi connectivity index (χ4n) is 2.43. The molecule has 0 saturated carbocycles. The van der Waals surface area contributed by atoms with Crippen molar-refractivity contribution in [3.05, 3.63) is 23.7 Å². The summed E-state index contributed by atoms with van der Waals surface area (Å²) in [6.07, 6.45) is 6.29. The molecule has 2 unspecified atom stereocenters. The lowest BCUT2D eigenvalue weighted by atomic mass is 9.78. The Morgan fingerprint density at radius 2 is 1.41 bits per heavy atom. The molecule has 0 aliphatic heterocycles. The standard InChI is InChI=1S/C13H16O4/c1-8(14)16-12-5-3-11-7-10(12)4-6-13(11)17-9(2)15/h5-6,10-11H,3-4,7H2,1-2H3. The predicted molar refractivity (Wildman–Crippen MR) is 60.5 cm³/mol. The van der Waals surface area contributed by atoms with Gasteiger partial charge in [0.15, 0.2) is 0 Å². The lowest BCUT2D eigenvalue weighted by Crippen LogP contribution is -2.25. The molecular formula is C13H16O4. The number of allylic oxidation sites excluding steroid dienone is 4. The van der Waals surface area contributed by atoms with Crippen molar-refractivity contribution in [2.45, 2.75) is 33.1 Å². The minimum absolute atomic E-state index is 0.247. The van der Waals surface area contributed by atoms with Crippen molar-refractivity contribution in [2.24, 2.45) is 11.8 Å². The third kappa shape index (κ3) is 2.75. The van der Waals surface area contributed by atoms with Crippen molar-refractivity contribution in [3.63, 3.8) is 0 Å². The van der Waals surface area contributed by atoms with E-state index in [1.807, 2.05) is 12.2 Å². The Morgan fingerprint density at radius 1 is 1.00 bits per heavy atom. The van der Waals surface area contributed by atoms with E-state index in [9.17, 15) is 9.59 Å². The molecule has 2 aliphatic rings. The molecule has 0 heterocycles. The van der Waals surface area contributed by atoms with Crippen molar-refractivity contribution in [1.29, 1.82) is 0 Å². The van der Waals surface area contributed by atoms with Crippen LogP contribution in [-0.2, 0) is 19.1 Å². The van der Waals surface area contributed by atoms with Gasteiger partial charge in [-0.25, -0.2) is 0 Å². The second-order valence-corrected chi connectivity index (χ2v) is 4.50. The molecule has 4 nitrogen and oxygen atoms in total. The van der Waals surface area contributed by atoms with Crippen LogP contribution in [0.4, 0.5) is 0 Å². The fraction of sp³-hybridized carbons (Fsp3) is 0.538. The highest BCUT2D eigenvalue weighted by atomic mass is 16.5. The van der Waals surface area contributed by atoms with Crippen molar-refractivity contribution >= 4 is 11.9 Å². The Hall–Kier alpha value is -1.58. The third-order valence-corrected chi connectivity index (χ3v) is 3.10. The van der Waals surface area contributed by atoms with E-state index >= 15 is 0 Å². The van der Waals surface area contributed by atoms with Gasteiger partial charge >= 0.3 is 11.9 Å². The molecule has 0 aromatic heterocycles. The van der Waals surface area contributed by atoms with Gasteiger partial charge in [0.05, 0.1) is 0 Å². The summed E-state index contributed by atoms with van der Waals surface area (Å²) in [6.45, 7) is 2.83. The van der Waals surface area contributed by atoms with Gasteiger partial charge in [-0.05, 0) is 31.4 Å². The highest BCUT2D eigenvalue weighted by molar-refractivity contribution is 5.68. The van der Waals surface area contributed by atoms with Gasteiger partial charge in [0.25, 0.3) is 0 Å². The molecule has 2 aliphatic carbocycles. The molecular weight excluding hydrogens is 220 g/mol. The molecule has 0 aromatic carbocycles. The van der Waals surface area contributed by atoms with Crippen molar-refractivity contribution in [3.8, 4) is 0 Å². The molecule has 92 valence electrons. The van der Waals surface area contributed by atoms with Crippen LogP contribution in [0.5, 0.6) is 0 Å². The van der Waals surface area contributed by atoms with E-state index < -0.39 is 0 Å². The van der Waals surface area contributed by atoms with Gasteiger partial charge in [0, 0.05) is 25.7 Å². The summed E-state index contributed by atoms with van der Waals surface area (Å²) in [6, 6.07) is 0. The average Bonchev–Trinajstić information content (AvgIpc) is 2.24. The highest BCUT2D eigenvalue weighted by Gasteiger charge is 2.32. The normalized spacial score (nSPS) is 26.7. The van der Waals surface area contributed by atoms with Gasteiger partial charge in [-0.15, -0.1) is 0 Å². The van der Waals surface area contributed by atoms with E-state index in [1.165, 1.54) is 13.8 Å². The number of hydrogen-bond acceptors (Lipinski definition) is 4. The number of fused-ring (bicyclic) bond motifs is 2. The maximum absolute atomic E-state index is 10.9. The van der Waals surface area contributed by atoms with E-state index in [0.717, 1.165) is 30.8 Å². The Kier molecular flexibility index (Phi) is 3.31. The first-order chi connectivity index (χ1) is 8.06. The van der Waals surface area contributed by atoms with Crippen LogP contribution in [0.15, 0.2) is 23.7 Å². The van der Waals surface area contributed by atoms with Crippen molar-refractivity contribution < 1.29 is 19.1 Å². The number of carbonyl (C=O) groups is 2. The largest absolute Gasteiger partial charge is 0.431 e. The number of esters is 2. The summed E-state index contributed by atoms with van der Waals surface area (Å²) in [5, 5.41) is 0. The molecule has 0 amide bonds. The maximum atomic E-state index is 10.9. The van der Waals surface area contributed by atoms with E-state index in [-0.39, 0.29) is 23.8 Å². The topological polar surface area (TPSA) is 52.6 Å². The zero-order valence-electron chi connectivity index (χ0n) is 10.1. The summed E-state index contributed by atoms with van der Waals surface area (Å²) in [4.78, 5) is 21.9. The summed E-state index contributed by atoms with van der Waals surface area (Å²) < 4.78 is 10.4. The molecule has 17 heavy (non-hydrogen) atoms. The number of rotatable bonds is 2. The van der Waals surface area contributed by atoms with Gasteiger partial charge in [-0.3, -0.25) is 9.59 Å². The molecule has 0 aromatic rings. The van der Waals surface area contributed by atoms with Crippen LogP contribution in [0.2, 0.25) is 0 Å². The van der Waals surface area contributed by atoms with E-state index in [2.05, 4.69) is 0 Å². The second kappa shape index (κ2) is 4.73. The Bertz CT molecular complexity index is 368. The summed E-state index contributed by atoms with van der Waals surface area (Å²) >= 11 is 0. The minimum atomic E-state index is -0.274. The molecule has 2 atom stereocenters. The summed E-state index contributed by atoms with van der Waals surface area (Å²) in [5.41, 5.74) is 0. The van der Waals surface area contributed by atoms with Crippen LogP contribution in [0.25, 0.3) is 0 Å². The van der Waals surface area contributed by atoms with E-state index in [1.54, 1.807) is 0 Å². The second-order valence-electron chi connectivity index (χ2n) is 4.50. The quantitative estimate of drug-likeness (QED) is 0.690. The maximum Gasteiger partial charge on any atom is 0.307 e. The molecule has 0 radical (unpaired) electrons. The van der Waals surface area contributed by atoms with E-state index in [0.29, 0.717) is 0 Å². The van der Waals surface area contributed by atoms with Gasteiger partial charge in [0.1, 0.15) is 11.5 Å². The van der Waals surface area contributed by atoms with Crippen LogP contribution < -0.4 is 0 Å². The lowest BCUT2D eigenvalue weighted by molar-refractivity contribution is -0.138. The molecule has 0 saturated heterocycles. The van der Waals surface area contributed by atoms with Crippen molar-refractivity contribution in [1.82, 2.24) is 0 Å². The smallest absolute Gasteiger partial charge is 0.307 e.